The van der Waals surface area contributed by atoms with Crippen molar-refractivity contribution in [2.45, 2.75) is 17.9 Å². The zero-order valence-electron chi connectivity index (χ0n) is 18.6. The summed E-state index contributed by atoms with van der Waals surface area (Å²) in [5, 5.41) is 11.9. The molecule has 3 aromatic rings. The number of alkyl halides is 3. The molecule has 0 bridgehead atoms. The summed E-state index contributed by atoms with van der Waals surface area (Å²) in [6.45, 7) is 4.48. The van der Waals surface area contributed by atoms with Crippen molar-refractivity contribution in [3.63, 3.8) is 0 Å². The van der Waals surface area contributed by atoms with E-state index in [0.29, 0.717) is 22.5 Å². The van der Waals surface area contributed by atoms with Crippen LogP contribution in [0.15, 0.2) is 60.3 Å². The standard InChI is InChI=1S/C23H22ClF3N4O3S/c1-3-10-31-21(15-4-7-17(24)8-5-15)29-30-22(31)35-14-20(32)28-18-13-16(23(25,26)27)6-9-19(18)34-12-11-33-2/h3-9,13H,1,10-12,14H2,2H3,(H,28,32). The second-order valence-electron chi connectivity index (χ2n) is 7.10. The number of aromatic nitrogens is 3. The average Bonchev–Trinajstić information content (AvgIpc) is 3.21. The van der Waals surface area contributed by atoms with Gasteiger partial charge in [-0.2, -0.15) is 13.2 Å². The number of thioether (sulfide) groups is 1. The van der Waals surface area contributed by atoms with E-state index in [1.165, 1.54) is 13.2 Å². The van der Waals surface area contributed by atoms with Gasteiger partial charge < -0.3 is 14.8 Å². The monoisotopic (exact) mass is 526 g/mol. The van der Waals surface area contributed by atoms with Crippen LogP contribution in [0.2, 0.25) is 5.02 Å². The molecule has 0 saturated carbocycles. The predicted molar refractivity (Wildman–Crippen MR) is 129 cm³/mol. The van der Waals surface area contributed by atoms with Crippen LogP contribution < -0.4 is 10.1 Å². The topological polar surface area (TPSA) is 78.3 Å². The summed E-state index contributed by atoms with van der Waals surface area (Å²) in [5.41, 5.74) is -0.212. The third-order valence-corrected chi connectivity index (χ3v) is 5.81. The number of allylic oxidation sites excluding steroid dienone is 1. The van der Waals surface area contributed by atoms with Gasteiger partial charge in [-0.05, 0) is 42.5 Å². The van der Waals surface area contributed by atoms with Gasteiger partial charge in [0.2, 0.25) is 5.91 Å². The highest BCUT2D eigenvalue weighted by Gasteiger charge is 2.31. The quantitative estimate of drug-likeness (QED) is 0.200. The van der Waals surface area contributed by atoms with Crippen molar-refractivity contribution < 1.29 is 27.4 Å². The number of halogens is 4. The van der Waals surface area contributed by atoms with Gasteiger partial charge in [-0.1, -0.05) is 29.4 Å². The maximum atomic E-state index is 13.2. The SMILES string of the molecule is C=CCn1c(SCC(=O)Nc2cc(C(F)(F)F)ccc2OCCOC)nnc1-c1ccc(Cl)cc1. The van der Waals surface area contributed by atoms with E-state index in [-0.39, 0.29) is 30.4 Å². The van der Waals surface area contributed by atoms with Crippen LogP contribution in [0, 0.1) is 0 Å². The molecule has 1 amide bonds. The largest absolute Gasteiger partial charge is 0.489 e. The second kappa shape index (κ2) is 12.1. The van der Waals surface area contributed by atoms with Crippen LogP contribution >= 0.6 is 23.4 Å². The van der Waals surface area contributed by atoms with Crippen molar-refractivity contribution in [3.8, 4) is 17.1 Å². The van der Waals surface area contributed by atoms with Gasteiger partial charge in [-0.25, -0.2) is 0 Å². The van der Waals surface area contributed by atoms with Crippen molar-refractivity contribution in [2.75, 3.05) is 31.4 Å². The van der Waals surface area contributed by atoms with Crippen LogP contribution in [-0.2, 0) is 22.3 Å². The molecule has 0 saturated heterocycles. The van der Waals surface area contributed by atoms with Gasteiger partial charge in [0, 0.05) is 24.2 Å². The van der Waals surface area contributed by atoms with Gasteiger partial charge in [0.05, 0.1) is 23.6 Å². The third kappa shape index (κ3) is 7.23. The Bertz CT molecular complexity index is 1170. The summed E-state index contributed by atoms with van der Waals surface area (Å²) in [5.74, 6) is 0.0143. The minimum absolute atomic E-state index is 0.0871. The van der Waals surface area contributed by atoms with E-state index >= 15 is 0 Å². The predicted octanol–water partition coefficient (Wildman–Crippen LogP) is 5.56. The number of anilines is 1. The van der Waals surface area contributed by atoms with E-state index in [2.05, 4.69) is 22.1 Å². The number of carbonyl (C=O) groups excluding carboxylic acids is 1. The summed E-state index contributed by atoms with van der Waals surface area (Å²) in [6, 6.07) is 9.95. The van der Waals surface area contributed by atoms with Crippen molar-refractivity contribution in [1.82, 2.24) is 14.8 Å². The van der Waals surface area contributed by atoms with E-state index in [4.69, 9.17) is 21.1 Å². The van der Waals surface area contributed by atoms with Gasteiger partial charge >= 0.3 is 6.18 Å². The molecule has 35 heavy (non-hydrogen) atoms. The minimum Gasteiger partial charge on any atom is -0.489 e. The first-order chi connectivity index (χ1) is 16.7. The van der Waals surface area contributed by atoms with Gasteiger partial charge in [0.25, 0.3) is 0 Å². The summed E-state index contributed by atoms with van der Waals surface area (Å²) in [7, 11) is 1.47. The summed E-state index contributed by atoms with van der Waals surface area (Å²) in [4.78, 5) is 12.6. The molecular formula is C23H22ClF3N4O3S. The first-order valence-corrected chi connectivity index (χ1v) is 11.6. The lowest BCUT2D eigenvalue weighted by Gasteiger charge is -2.15. The van der Waals surface area contributed by atoms with Crippen LogP contribution in [0.4, 0.5) is 18.9 Å². The van der Waals surface area contributed by atoms with Gasteiger partial charge in [-0.15, -0.1) is 16.8 Å². The minimum atomic E-state index is -4.57. The van der Waals surface area contributed by atoms with E-state index in [1.54, 1.807) is 34.9 Å². The maximum Gasteiger partial charge on any atom is 0.416 e. The van der Waals surface area contributed by atoms with Gasteiger partial charge in [-0.3, -0.25) is 9.36 Å². The molecule has 0 radical (unpaired) electrons. The molecule has 1 aromatic heterocycles. The summed E-state index contributed by atoms with van der Waals surface area (Å²) in [6.07, 6.45) is -2.91. The molecule has 0 fully saturated rings. The third-order valence-electron chi connectivity index (χ3n) is 4.59. The highest BCUT2D eigenvalue weighted by atomic mass is 35.5. The lowest BCUT2D eigenvalue weighted by atomic mass is 10.1. The highest BCUT2D eigenvalue weighted by Crippen LogP contribution is 2.35. The molecule has 0 aliphatic carbocycles. The number of hydrogen-bond donors (Lipinski definition) is 1. The summed E-state index contributed by atoms with van der Waals surface area (Å²) < 4.78 is 51.7. The lowest BCUT2D eigenvalue weighted by Crippen LogP contribution is -2.17. The molecule has 1 heterocycles. The molecule has 0 atom stereocenters. The molecular weight excluding hydrogens is 505 g/mol. The Hall–Kier alpha value is -3.02. The molecule has 12 heteroatoms. The lowest BCUT2D eigenvalue weighted by molar-refractivity contribution is -0.137. The summed E-state index contributed by atoms with van der Waals surface area (Å²) >= 11 is 7.04. The van der Waals surface area contributed by atoms with Crippen molar-refractivity contribution in [1.29, 1.82) is 0 Å². The van der Waals surface area contributed by atoms with E-state index in [1.807, 2.05) is 0 Å². The molecule has 0 aliphatic heterocycles. The van der Waals surface area contributed by atoms with Crippen LogP contribution in [0.5, 0.6) is 5.75 Å². The number of benzene rings is 2. The van der Waals surface area contributed by atoms with Gasteiger partial charge in [0.15, 0.2) is 11.0 Å². The Kier molecular flexibility index (Phi) is 9.19. The smallest absolute Gasteiger partial charge is 0.416 e. The van der Waals surface area contributed by atoms with Gasteiger partial charge in [0.1, 0.15) is 12.4 Å². The van der Waals surface area contributed by atoms with E-state index in [9.17, 15) is 18.0 Å². The fourth-order valence-corrected chi connectivity index (χ4v) is 3.86. The van der Waals surface area contributed by atoms with Crippen molar-refractivity contribution in [2.24, 2.45) is 0 Å². The Balaban J connectivity index is 1.75. The fourth-order valence-electron chi connectivity index (χ4n) is 2.98. The fraction of sp³-hybridized carbons (Fsp3) is 0.261. The number of rotatable bonds is 11. The van der Waals surface area contributed by atoms with Crippen LogP contribution in [0.1, 0.15) is 5.56 Å². The number of methoxy groups -OCH3 is 1. The number of ether oxygens (including phenoxy) is 2. The number of nitrogens with one attached hydrogen (secondary N) is 1. The van der Waals surface area contributed by atoms with Crippen LogP contribution in [0.25, 0.3) is 11.4 Å². The molecule has 1 N–H and O–H groups in total. The first kappa shape index (κ1) is 26.6. The first-order valence-electron chi connectivity index (χ1n) is 10.3. The number of nitrogens with zero attached hydrogens (tertiary/aromatic N) is 3. The Morgan fingerprint density at radius 1 is 1.20 bits per heavy atom. The normalized spacial score (nSPS) is 11.3. The zero-order chi connectivity index (χ0) is 25.4. The Labute approximate surface area is 209 Å². The van der Waals surface area contributed by atoms with E-state index in [0.717, 1.165) is 29.5 Å². The molecule has 2 aromatic carbocycles. The van der Waals surface area contributed by atoms with E-state index < -0.39 is 17.6 Å². The molecule has 0 spiro atoms. The maximum absolute atomic E-state index is 13.2. The molecule has 186 valence electrons. The van der Waals surface area contributed by atoms with Crippen LogP contribution in [0.3, 0.4) is 0 Å². The molecule has 7 nitrogen and oxygen atoms in total. The zero-order valence-corrected chi connectivity index (χ0v) is 20.2. The van der Waals surface area contributed by atoms with Crippen LogP contribution in [-0.4, -0.2) is 46.7 Å². The average molecular weight is 527 g/mol. The number of hydrogen-bond acceptors (Lipinski definition) is 6. The Morgan fingerprint density at radius 3 is 2.60 bits per heavy atom. The number of carbonyl (C=O) groups is 1. The second-order valence-corrected chi connectivity index (χ2v) is 8.48. The van der Waals surface area contributed by atoms with Crippen molar-refractivity contribution >= 4 is 35.0 Å². The highest BCUT2D eigenvalue weighted by molar-refractivity contribution is 7.99. The molecule has 0 unspecified atom stereocenters. The molecule has 0 aliphatic rings. The van der Waals surface area contributed by atoms with Crippen molar-refractivity contribution in [3.05, 3.63) is 65.7 Å². The Morgan fingerprint density at radius 2 is 1.94 bits per heavy atom. The number of amides is 1. The molecule has 3 rings (SSSR count).